The van der Waals surface area contributed by atoms with Gasteiger partial charge in [0.05, 0.1) is 0 Å². The fraction of sp³-hybridized carbons (Fsp3) is 0.286. The van der Waals surface area contributed by atoms with Gasteiger partial charge in [0.25, 0.3) is 0 Å². The average molecular weight is 136 g/mol. The first-order valence-corrected chi connectivity index (χ1v) is 5.26. The van der Waals surface area contributed by atoms with Gasteiger partial charge in [-0.15, -0.1) is 0 Å². The van der Waals surface area contributed by atoms with Gasteiger partial charge in [-0.3, -0.25) is 0 Å². The van der Waals surface area contributed by atoms with Crippen LogP contribution in [0, 0.1) is 0 Å². The van der Waals surface area contributed by atoms with E-state index in [1.165, 1.54) is 5.20 Å². The van der Waals surface area contributed by atoms with E-state index in [1.54, 1.807) is 0 Å². The van der Waals surface area contributed by atoms with Crippen molar-refractivity contribution in [1.82, 2.24) is 0 Å². The summed E-state index contributed by atoms with van der Waals surface area (Å²) in [6, 6.07) is 6.34. The molecule has 0 aliphatic carbocycles. The van der Waals surface area contributed by atoms with Crippen LogP contribution in [0.25, 0.3) is 0 Å². The van der Waals surface area contributed by atoms with E-state index in [1.807, 2.05) is 0 Å². The molecule has 1 heterocycles. The normalized spacial score (nSPS) is 9.67. The van der Waals surface area contributed by atoms with Crippen LogP contribution in [0.1, 0.15) is 0 Å². The zero-order valence-corrected chi connectivity index (χ0v) is 6.73. The first-order valence-electron chi connectivity index (χ1n) is 3.03. The zero-order valence-electron chi connectivity index (χ0n) is 5.83. The van der Waals surface area contributed by atoms with Crippen LogP contribution >= 0.6 is 7.92 Å². The molecule has 1 rings (SSSR count). The minimum atomic E-state index is 0.104. The Balaban J connectivity index is 2.85. The van der Waals surface area contributed by atoms with Crippen LogP contribution in [0.15, 0.2) is 24.2 Å². The second kappa shape index (κ2) is 3.13. The SMILES string of the molecule is CP(C)c1bcccc1. The van der Waals surface area contributed by atoms with E-state index in [-0.39, 0.29) is 7.92 Å². The fourth-order valence-corrected chi connectivity index (χ4v) is 1.49. The molecule has 0 nitrogen and oxygen atoms in total. The quantitative estimate of drug-likeness (QED) is 0.511. The monoisotopic (exact) mass is 136 g/mol. The molecular weight excluding hydrogens is 126 g/mol. The maximum absolute atomic E-state index is 2.27. The molecule has 0 atom stereocenters. The van der Waals surface area contributed by atoms with E-state index in [4.69, 9.17) is 0 Å². The van der Waals surface area contributed by atoms with Gasteiger partial charge < -0.3 is 0 Å². The van der Waals surface area contributed by atoms with E-state index >= 15 is 0 Å². The predicted molar refractivity (Wildman–Crippen MR) is 46.2 cm³/mol. The molecule has 1 aromatic heterocycles. The zero-order chi connectivity index (χ0) is 6.69. The van der Waals surface area contributed by atoms with Crippen LogP contribution in [0.5, 0.6) is 0 Å². The van der Waals surface area contributed by atoms with Crippen molar-refractivity contribution >= 4 is 20.0 Å². The Morgan fingerprint density at radius 3 is 2.44 bits per heavy atom. The van der Waals surface area contributed by atoms with Crippen LogP contribution in [0.2, 0.25) is 0 Å². The minimum absolute atomic E-state index is 0.104. The van der Waals surface area contributed by atoms with Gasteiger partial charge in [0, 0.05) is 0 Å². The van der Waals surface area contributed by atoms with Gasteiger partial charge in [-0.25, -0.2) is 0 Å². The molecule has 0 saturated carbocycles. The van der Waals surface area contributed by atoms with Gasteiger partial charge in [-0.05, 0) is 0 Å². The molecule has 0 aliphatic rings. The second-order valence-corrected chi connectivity index (χ2v) is 4.54. The summed E-state index contributed by atoms with van der Waals surface area (Å²) in [5.74, 6) is 2.09. The van der Waals surface area contributed by atoms with Crippen molar-refractivity contribution < 1.29 is 0 Å². The van der Waals surface area contributed by atoms with Gasteiger partial charge in [0.1, 0.15) is 0 Å². The van der Waals surface area contributed by atoms with Crippen molar-refractivity contribution in [3.05, 3.63) is 24.2 Å². The van der Waals surface area contributed by atoms with Crippen molar-refractivity contribution in [1.29, 1.82) is 0 Å². The second-order valence-electron chi connectivity index (χ2n) is 2.23. The van der Waals surface area contributed by atoms with E-state index in [2.05, 4.69) is 44.4 Å². The van der Waals surface area contributed by atoms with Crippen LogP contribution < -0.4 is 5.20 Å². The van der Waals surface area contributed by atoms with Crippen molar-refractivity contribution in [2.45, 2.75) is 0 Å². The van der Waals surface area contributed by atoms with Gasteiger partial charge in [-0.2, -0.15) is 0 Å². The van der Waals surface area contributed by atoms with E-state index in [9.17, 15) is 0 Å². The van der Waals surface area contributed by atoms with E-state index < -0.39 is 0 Å². The first-order chi connectivity index (χ1) is 4.30. The molecule has 46 valence electrons. The molecule has 0 aromatic carbocycles. The Hall–Kier alpha value is -0.155. The summed E-state index contributed by atoms with van der Waals surface area (Å²) in [5, 5.41) is 1.48. The molecular formula is C7H10BP. The summed E-state index contributed by atoms with van der Waals surface area (Å²) in [7, 11) is 0.104. The summed E-state index contributed by atoms with van der Waals surface area (Å²) in [4.78, 5) is 0. The summed E-state index contributed by atoms with van der Waals surface area (Å²) in [6.45, 7) is 6.72. The standard InChI is InChI=1S/C7H10BP/c1-9(2)7-5-3-4-6-8-7/h3-6H,1-2H3. The van der Waals surface area contributed by atoms with Crippen LogP contribution in [0.4, 0.5) is 0 Å². The van der Waals surface area contributed by atoms with Gasteiger partial charge in [-0.1, -0.05) is 0 Å². The first kappa shape index (κ1) is 6.96. The number of rotatable bonds is 1. The van der Waals surface area contributed by atoms with Crippen molar-refractivity contribution in [2.24, 2.45) is 0 Å². The molecule has 0 bridgehead atoms. The maximum atomic E-state index is 2.27. The third-order valence-corrected chi connectivity index (χ3v) is 2.60. The average Bonchev–Trinajstić information content (AvgIpc) is 1.90. The Bertz CT molecular complexity index is 172. The Morgan fingerprint density at radius 2 is 2.11 bits per heavy atom. The summed E-state index contributed by atoms with van der Waals surface area (Å²) in [5.41, 5.74) is 0. The van der Waals surface area contributed by atoms with Crippen molar-refractivity contribution in [3.63, 3.8) is 0 Å². The molecule has 2 heteroatoms. The number of hydrogen-bond acceptors (Lipinski definition) is 0. The van der Waals surface area contributed by atoms with Gasteiger partial charge in [0.2, 0.25) is 0 Å². The van der Waals surface area contributed by atoms with Gasteiger partial charge >= 0.3 is 57.5 Å². The van der Waals surface area contributed by atoms with E-state index in [0.29, 0.717) is 0 Å². The molecule has 9 heavy (non-hydrogen) atoms. The molecule has 0 aliphatic heterocycles. The van der Waals surface area contributed by atoms with Crippen LogP contribution in [-0.4, -0.2) is 20.2 Å². The van der Waals surface area contributed by atoms with Crippen LogP contribution in [0.3, 0.4) is 0 Å². The molecule has 1 aromatic rings. The molecule has 0 fully saturated rings. The summed E-state index contributed by atoms with van der Waals surface area (Å²) in [6.07, 6.45) is 0. The molecule has 0 N–H and O–H groups in total. The van der Waals surface area contributed by atoms with Crippen molar-refractivity contribution in [2.75, 3.05) is 13.3 Å². The topological polar surface area (TPSA) is 0 Å². The third kappa shape index (κ3) is 1.91. The van der Waals surface area contributed by atoms with Gasteiger partial charge in [0.15, 0.2) is 0 Å². The summed E-state index contributed by atoms with van der Waals surface area (Å²) >= 11 is 0. The molecule has 0 spiro atoms. The molecule has 0 saturated heterocycles. The summed E-state index contributed by atoms with van der Waals surface area (Å²) < 4.78 is 0. The third-order valence-electron chi connectivity index (χ3n) is 1.27. The number of hydrogen-bond donors (Lipinski definition) is 0. The molecule has 0 unspecified atom stereocenters. The fourth-order valence-electron chi connectivity index (χ4n) is 0.726. The van der Waals surface area contributed by atoms with E-state index in [0.717, 1.165) is 0 Å². The van der Waals surface area contributed by atoms with Crippen LogP contribution in [-0.2, 0) is 0 Å². The Kier molecular flexibility index (Phi) is 2.42. The Labute approximate surface area is 58.3 Å². The predicted octanol–water partition coefficient (Wildman–Crippen LogP) is 1.39. The molecule has 0 radical (unpaired) electrons. The molecule has 0 amide bonds. The Morgan fingerprint density at radius 1 is 1.33 bits per heavy atom. The van der Waals surface area contributed by atoms with Crippen molar-refractivity contribution in [3.8, 4) is 0 Å².